The smallest absolute Gasteiger partial charge is 0.258 e. The first-order valence-electron chi connectivity index (χ1n) is 6.62. The highest BCUT2D eigenvalue weighted by molar-refractivity contribution is 6.33. The van der Waals surface area contributed by atoms with Crippen molar-refractivity contribution < 1.29 is 4.79 Å². The van der Waals surface area contributed by atoms with Gasteiger partial charge >= 0.3 is 0 Å². The van der Waals surface area contributed by atoms with Crippen LogP contribution in [0.1, 0.15) is 29.4 Å². The van der Waals surface area contributed by atoms with E-state index in [0.29, 0.717) is 23.0 Å². The molecular formula is C15H18ClN3O. The van der Waals surface area contributed by atoms with Gasteiger partial charge in [0.2, 0.25) is 0 Å². The van der Waals surface area contributed by atoms with Gasteiger partial charge in [-0.2, -0.15) is 5.10 Å². The predicted octanol–water partition coefficient (Wildman–Crippen LogP) is 3.32. The van der Waals surface area contributed by atoms with Crippen molar-refractivity contribution in [2.24, 2.45) is 0 Å². The number of benzene rings is 1. The van der Waals surface area contributed by atoms with Gasteiger partial charge in [-0.05, 0) is 25.5 Å². The van der Waals surface area contributed by atoms with E-state index in [1.54, 1.807) is 23.6 Å². The molecule has 0 N–H and O–H groups in total. The van der Waals surface area contributed by atoms with Crippen molar-refractivity contribution >= 4 is 17.5 Å². The molecule has 0 fully saturated rings. The van der Waals surface area contributed by atoms with Crippen LogP contribution in [0, 0.1) is 6.92 Å². The molecule has 1 heterocycles. The quantitative estimate of drug-likeness (QED) is 0.867. The van der Waals surface area contributed by atoms with Crippen LogP contribution in [0.5, 0.6) is 0 Å². The summed E-state index contributed by atoms with van der Waals surface area (Å²) in [7, 11) is 1.78. The molecule has 0 aliphatic carbocycles. The van der Waals surface area contributed by atoms with E-state index in [1.807, 2.05) is 37.3 Å². The average Bonchev–Trinajstić information content (AvgIpc) is 2.74. The molecule has 0 saturated heterocycles. The molecule has 0 aliphatic rings. The molecule has 0 bridgehead atoms. The summed E-state index contributed by atoms with van der Waals surface area (Å²) in [6.07, 6.45) is 0.908. The Morgan fingerprint density at radius 1 is 1.35 bits per heavy atom. The standard InChI is InChI=1S/C15H18ClN3O/c1-4-10-18(3)15(20)13-11(2)17-19(14(13)16)12-8-6-5-7-9-12/h5-9H,4,10H2,1-3H3. The summed E-state index contributed by atoms with van der Waals surface area (Å²) >= 11 is 6.36. The van der Waals surface area contributed by atoms with E-state index in [2.05, 4.69) is 5.10 Å². The lowest BCUT2D eigenvalue weighted by Gasteiger charge is -2.15. The lowest BCUT2D eigenvalue weighted by Crippen LogP contribution is -2.27. The molecule has 0 aliphatic heterocycles. The molecule has 2 rings (SSSR count). The van der Waals surface area contributed by atoms with Gasteiger partial charge < -0.3 is 4.90 Å². The number of carbonyl (C=O) groups is 1. The van der Waals surface area contributed by atoms with E-state index in [4.69, 9.17) is 11.6 Å². The molecule has 1 aromatic heterocycles. The van der Waals surface area contributed by atoms with Gasteiger partial charge in [0.15, 0.2) is 0 Å². The van der Waals surface area contributed by atoms with Crippen LogP contribution in [-0.4, -0.2) is 34.2 Å². The highest BCUT2D eigenvalue weighted by Crippen LogP contribution is 2.24. The first kappa shape index (κ1) is 14.6. The highest BCUT2D eigenvalue weighted by Gasteiger charge is 2.23. The second-order valence-corrected chi connectivity index (χ2v) is 5.08. The second-order valence-electron chi connectivity index (χ2n) is 4.73. The van der Waals surface area contributed by atoms with Crippen LogP contribution < -0.4 is 0 Å². The van der Waals surface area contributed by atoms with E-state index in [9.17, 15) is 4.79 Å². The molecule has 1 aromatic carbocycles. The fourth-order valence-corrected chi connectivity index (χ4v) is 2.46. The number of hydrogen-bond acceptors (Lipinski definition) is 2. The van der Waals surface area contributed by atoms with E-state index in [-0.39, 0.29) is 5.91 Å². The number of aromatic nitrogens is 2. The monoisotopic (exact) mass is 291 g/mol. The zero-order chi connectivity index (χ0) is 14.7. The Kier molecular flexibility index (Phi) is 4.45. The third-order valence-corrected chi connectivity index (χ3v) is 3.47. The number of halogens is 1. The summed E-state index contributed by atoms with van der Waals surface area (Å²) in [5.74, 6) is -0.0865. The average molecular weight is 292 g/mol. The van der Waals surface area contributed by atoms with Gasteiger partial charge in [-0.25, -0.2) is 4.68 Å². The molecule has 1 amide bonds. The van der Waals surface area contributed by atoms with Crippen LogP contribution in [-0.2, 0) is 0 Å². The van der Waals surface area contributed by atoms with E-state index in [0.717, 1.165) is 12.1 Å². The van der Waals surface area contributed by atoms with Gasteiger partial charge in [-0.15, -0.1) is 0 Å². The molecule has 0 atom stereocenters. The van der Waals surface area contributed by atoms with Gasteiger partial charge in [-0.1, -0.05) is 36.7 Å². The number of aryl methyl sites for hydroxylation is 1. The molecule has 106 valence electrons. The summed E-state index contributed by atoms with van der Waals surface area (Å²) in [6.45, 7) is 4.54. The molecule has 0 saturated carbocycles. The molecule has 4 nitrogen and oxygen atoms in total. The number of carbonyl (C=O) groups excluding carboxylic acids is 1. The first-order chi connectivity index (χ1) is 9.56. The topological polar surface area (TPSA) is 38.1 Å². The Labute approximate surface area is 124 Å². The fraction of sp³-hybridized carbons (Fsp3) is 0.333. The zero-order valence-corrected chi connectivity index (χ0v) is 12.7. The SMILES string of the molecule is CCCN(C)C(=O)c1c(C)nn(-c2ccccc2)c1Cl. The van der Waals surface area contributed by atoms with Crippen molar-refractivity contribution in [1.29, 1.82) is 0 Å². The van der Waals surface area contributed by atoms with E-state index in [1.165, 1.54) is 0 Å². The summed E-state index contributed by atoms with van der Waals surface area (Å²) in [6, 6.07) is 9.56. The second kappa shape index (κ2) is 6.09. The van der Waals surface area contributed by atoms with Gasteiger partial charge in [0.05, 0.1) is 16.9 Å². The lowest BCUT2D eigenvalue weighted by atomic mass is 10.2. The number of nitrogens with zero attached hydrogens (tertiary/aromatic N) is 3. The Bertz CT molecular complexity index is 607. The number of rotatable bonds is 4. The number of hydrogen-bond donors (Lipinski definition) is 0. The minimum Gasteiger partial charge on any atom is -0.342 e. The predicted molar refractivity (Wildman–Crippen MR) is 80.6 cm³/mol. The zero-order valence-electron chi connectivity index (χ0n) is 11.9. The molecule has 2 aromatic rings. The maximum atomic E-state index is 12.4. The molecular weight excluding hydrogens is 274 g/mol. The summed E-state index contributed by atoms with van der Waals surface area (Å²) < 4.78 is 1.60. The third kappa shape index (κ3) is 2.70. The number of amides is 1. The maximum Gasteiger partial charge on any atom is 0.258 e. The van der Waals surface area contributed by atoms with Crippen molar-refractivity contribution in [2.45, 2.75) is 20.3 Å². The van der Waals surface area contributed by atoms with Crippen LogP contribution in [0.3, 0.4) is 0 Å². The van der Waals surface area contributed by atoms with Crippen LogP contribution in [0.15, 0.2) is 30.3 Å². The Morgan fingerprint density at radius 2 is 2.00 bits per heavy atom. The molecule has 5 heteroatoms. The Balaban J connectivity index is 2.42. The third-order valence-electron chi connectivity index (χ3n) is 3.12. The first-order valence-corrected chi connectivity index (χ1v) is 7.00. The summed E-state index contributed by atoms with van der Waals surface area (Å²) in [5.41, 5.74) is 1.97. The van der Waals surface area contributed by atoms with Crippen LogP contribution in [0.2, 0.25) is 5.15 Å². The van der Waals surface area contributed by atoms with Gasteiger partial charge in [0.25, 0.3) is 5.91 Å². The van der Waals surface area contributed by atoms with Crippen molar-refractivity contribution in [2.75, 3.05) is 13.6 Å². The summed E-state index contributed by atoms with van der Waals surface area (Å²) in [4.78, 5) is 14.1. The molecule has 20 heavy (non-hydrogen) atoms. The normalized spacial score (nSPS) is 10.6. The van der Waals surface area contributed by atoms with Gasteiger partial charge in [0.1, 0.15) is 5.15 Å². The van der Waals surface area contributed by atoms with Crippen molar-refractivity contribution in [3.8, 4) is 5.69 Å². The lowest BCUT2D eigenvalue weighted by molar-refractivity contribution is 0.0794. The minimum atomic E-state index is -0.0865. The Hall–Kier alpha value is -1.81. The molecule has 0 radical (unpaired) electrons. The van der Waals surface area contributed by atoms with Crippen LogP contribution in [0.4, 0.5) is 0 Å². The van der Waals surface area contributed by atoms with Crippen molar-refractivity contribution in [3.63, 3.8) is 0 Å². The molecule has 0 unspecified atom stereocenters. The maximum absolute atomic E-state index is 12.4. The Morgan fingerprint density at radius 3 is 2.60 bits per heavy atom. The number of para-hydroxylation sites is 1. The van der Waals surface area contributed by atoms with E-state index < -0.39 is 0 Å². The van der Waals surface area contributed by atoms with Crippen molar-refractivity contribution in [3.05, 3.63) is 46.7 Å². The summed E-state index contributed by atoms with van der Waals surface area (Å²) in [5, 5.41) is 4.74. The molecule has 0 spiro atoms. The van der Waals surface area contributed by atoms with Gasteiger partial charge in [-0.3, -0.25) is 4.79 Å². The highest BCUT2D eigenvalue weighted by atomic mass is 35.5. The fourth-order valence-electron chi connectivity index (χ4n) is 2.11. The van der Waals surface area contributed by atoms with E-state index >= 15 is 0 Å². The van der Waals surface area contributed by atoms with Crippen molar-refractivity contribution in [1.82, 2.24) is 14.7 Å². The largest absolute Gasteiger partial charge is 0.342 e. The minimum absolute atomic E-state index is 0.0865. The van der Waals surface area contributed by atoms with Crippen LogP contribution >= 0.6 is 11.6 Å². The van der Waals surface area contributed by atoms with Gasteiger partial charge in [0, 0.05) is 13.6 Å². The van der Waals surface area contributed by atoms with Crippen LogP contribution in [0.25, 0.3) is 5.69 Å².